The van der Waals surface area contributed by atoms with Crippen LogP contribution in [0.4, 0.5) is 0 Å². The van der Waals surface area contributed by atoms with Gasteiger partial charge in [-0.3, -0.25) is 9.59 Å². The first-order chi connectivity index (χ1) is 12.7. The molecule has 0 atom stereocenters. The van der Waals surface area contributed by atoms with Gasteiger partial charge in [-0.05, 0) is 23.6 Å². The van der Waals surface area contributed by atoms with Crippen LogP contribution in [0.2, 0.25) is 0 Å². The Labute approximate surface area is 148 Å². The minimum absolute atomic E-state index is 0.407. The van der Waals surface area contributed by atoms with Crippen LogP contribution < -0.4 is 0 Å². The molecular formula is C21H13N3O2. The lowest BCUT2D eigenvalue weighted by molar-refractivity contribution is 0.0616. The van der Waals surface area contributed by atoms with Gasteiger partial charge in [-0.25, -0.2) is 0 Å². The minimum Gasteiger partial charge on any atom is -0.361 e. The van der Waals surface area contributed by atoms with Crippen molar-refractivity contribution < 1.29 is 9.59 Å². The molecule has 0 radical (unpaired) electrons. The molecule has 1 N–H and O–H groups in total. The Bertz CT molecular complexity index is 1190. The molecule has 0 aliphatic carbocycles. The van der Waals surface area contributed by atoms with E-state index in [0.717, 1.165) is 26.9 Å². The zero-order valence-corrected chi connectivity index (χ0v) is 13.6. The number of imide groups is 1. The third-order valence-electron chi connectivity index (χ3n) is 4.68. The molecule has 0 bridgehead atoms. The van der Waals surface area contributed by atoms with Gasteiger partial charge in [0.15, 0.2) is 0 Å². The second-order valence-electron chi connectivity index (χ2n) is 6.17. The molecule has 2 amide bonds. The number of carbonyl (C=O) groups is 2. The van der Waals surface area contributed by atoms with E-state index in [1.165, 1.54) is 0 Å². The Kier molecular flexibility index (Phi) is 3.03. The van der Waals surface area contributed by atoms with Gasteiger partial charge in [0, 0.05) is 28.0 Å². The Balaban J connectivity index is 1.61. The third kappa shape index (κ3) is 2.01. The van der Waals surface area contributed by atoms with Gasteiger partial charge in [-0.2, -0.15) is 10.1 Å². The molecule has 0 saturated carbocycles. The number of aromatic amines is 1. The maximum Gasteiger partial charge on any atom is 0.282 e. The number of hydrogen-bond acceptors (Lipinski definition) is 3. The second kappa shape index (κ2) is 5.39. The maximum atomic E-state index is 12.8. The molecule has 0 saturated heterocycles. The van der Waals surface area contributed by atoms with Gasteiger partial charge in [-0.1, -0.05) is 42.5 Å². The van der Waals surface area contributed by atoms with Crippen molar-refractivity contribution in [2.45, 2.75) is 0 Å². The van der Waals surface area contributed by atoms with Gasteiger partial charge < -0.3 is 4.98 Å². The summed E-state index contributed by atoms with van der Waals surface area (Å²) in [7, 11) is 0. The van der Waals surface area contributed by atoms with E-state index in [-0.39, 0.29) is 0 Å². The molecule has 5 rings (SSSR count). The van der Waals surface area contributed by atoms with Crippen molar-refractivity contribution in [1.82, 2.24) is 9.99 Å². The summed E-state index contributed by atoms with van der Waals surface area (Å²) in [4.78, 5) is 28.8. The van der Waals surface area contributed by atoms with E-state index in [2.05, 4.69) is 10.1 Å². The molecule has 4 aromatic rings. The van der Waals surface area contributed by atoms with Crippen molar-refractivity contribution in [2.24, 2.45) is 5.10 Å². The topological polar surface area (TPSA) is 65.5 Å². The second-order valence-corrected chi connectivity index (χ2v) is 6.17. The van der Waals surface area contributed by atoms with Crippen LogP contribution in [0.15, 0.2) is 72.0 Å². The van der Waals surface area contributed by atoms with E-state index >= 15 is 0 Å². The highest BCUT2D eigenvalue weighted by molar-refractivity contribution is 6.25. The molecule has 1 aromatic heterocycles. The summed E-state index contributed by atoms with van der Waals surface area (Å²) < 4.78 is 0. The van der Waals surface area contributed by atoms with Crippen molar-refractivity contribution in [3.63, 3.8) is 0 Å². The largest absolute Gasteiger partial charge is 0.361 e. The number of benzene rings is 3. The van der Waals surface area contributed by atoms with E-state index in [0.29, 0.717) is 16.5 Å². The van der Waals surface area contributed by atoms with Gasteiger partial charge in [0.05, 0.1) is 17.3 Å². The van der Waals surface area contributed by atoms with E-state index in [1.807, 2.05) is 54.7 Å². The van der Waals surface area contributed by atoms with E-state index in [9.17, 15) is 9.59 Å². The monoisotopic (exact) mass is 339 g/mol. The van der Waals surface area contributed by atoms with Crippen LogP contribution in [-0.4, -0.2) is 28.0 Å². The van der Waals surface area contributed by atoms with Gasteiger partial charge >= 0.3 is 0 Å². The number of hydrogen-bond donors (Lipinski definition) is 1. The van der Waals surface area contributed by atoms with Crippen LogP contribution in [-0.2, 0) is 0 Å². The molecule has 5 nitrogen and oxygen atoms in total. The van der Waals surface area contributed by atoms with Crippen LogP contribution in [0.1, 0.15) is 26.3 Å². The van der Waals surface area contributed by atoms with Crippen molar-refractivity contribution in [2.75, 3.05) is 0 Å². The number of nitrogens with one attached hydrogen (secondary N) is 1. The average Bonchev–Trinajstić information content (AvgIpc) is 3.09. The Morgan fingerprint density at radius 3 is 2.27 bits per heavy atom. The number of amides is 2. The molecule has 5 heteroatoms. The summed E-state index contributed by atoms with van der Waals surface area (Å²) in [6.07, 6.45) is 3.35. The van der Waals surface area contributed by atoms with E-state index < -0.39 is 11.8 Å². The van der Waals surface area contributed by atoms with Crippen LogP contribution in [0.5, 0.6) is 0 Å². The molecule has 0 unspecified atom stereocenters. The molecule has 1 aliphatic heterocycles. The predicted octanol–water partition coefficient (Wildman–Crippen LogP) is 3.95. The van der Waals surface area contributed by atoms with Crippen molar-refractivity contribution >= 4 is 39.7 Å². The number of nitrogens with zero attached hydrogens (tertiary/aromatic N) is 2. The Hall–Kier alpha value is -3.73. The number of hydrazone groups is 1. The lowest BCUT2D eigenvalue weighted by atomic mass is 9.95. The number of para-hydroxylation sites is 1. The fraction of sp³-hybridized carbons (Fsp3) is 0. The molecule has 3 aromatic carbocycles. The summed E-state index contributed by atoms with van der Waals surface area (Å²) in [5, 5.41) is 7.71. The highest BCUT2D eigenvalue weighted by Gasteiger charge is 2.32. The van der Waals surface area contributed by atoms with Crippen LogP contribution in [0, 0.1) is 0 Å². The highest BCUT2D eigenvalue weighted by atomic mass is 16.2. The summed E-state index contributed by atoms with van der Waals surface area (Å²) >= 11 is 0. The lowest BCUT2D eigenvalue weighted by Gasteiger charge is -2.22. The van der Waals surface area contributed by atoms with Gasteiger partial charge in [0.2, 0.25) is 0 Å². The number of H-pyrrole nitrogens is 1. The summed E-state index contributed by atoms with van der Waals surface area (Å²) in [5.74, 6) is -0.814. The zero-order valence-electron chi connectivity index (χ0n) is 13.6. The predicted molar refractivity (Wildman–Crippen MR) is 100 cm³/mol. The Morgan fingerprint density at radius 2 is 1.54 bits per heavy atom. The molecule has 1 aliphatic rings. The normalized spacial score (nSPS) is 14.1. The average molecular weight is 339 g/mol. The van der Waals surface area contributed by atoms with Crippen molar-refractivity contribution in [1.29, 1.82) is 0 Å². The molecule has 26 heavy (non-hydrogen) atoms. The van der Waals surface area contributed by atoms with Crippen molar-refractivity contribution in [3.8, 4) is 0 Å². The van der Waals surface area contributed by atoms with Gasteiger partial charge in [0.1, 0.15) is 0 Å². The maximum absolute atomic E-state index is 12.8. The van der Waals surface area contributed by atoms with Crippen LogP contribution in [0.25, 0.3) is 21.7 Å². The fourth-order valence-electron chi connectivity index (χ4n) is 3.44. The minimum atomic E-state index is -0.407. The van der Waals surface area contributed by atoms with Gasteiger partial charge in [0.25, 0.3) is 11.8 Å². The number of rotatable bonds is 2. The summed E-state index contributed by atoms with van der Waals surface area (Å²) in [6.45, 7) is 0. The smallest absolute Gasteiger partial charge is 0.282 e. The lowest BCUT2D eigenvalue weighted by Crippen LogP contribution is -2.36. The first-order valence-electron chi connectivity index (χ1n) is 8.25. The molecule has 2 heterocycles. The molecule has 0 spiro atoms. The van der Waals surface area contributed by atoms with Crippen LogP contribution in [0.3, 0.4) is 0 Å². The van der Waals surface area contributed by atoms with E-state index in [1.54, 1.807) is 18.3 Å². The highest BCUT2D eigenvalue weighted by Crippen LogP contribution is 2.30. The number of carbonyl (C=O) groups excluding carboxylic acids is 2. The van der Waals surface area contributed by atoms with Crippen molar-refractivity contribution in [3.05, 3.63) is 83.6 Å². The van der Waals surface area contributed by atoms with Crippen LogP contribution >= 0.6 is 0 Å². The number of aromatic nitrogens is 1. The first-order valence-corrected chi connectivity index (χ1v) is 8.25. The zero-order chi connectivity index (χ0) is 17.7. The first kappa shape index (κ1) is 14.6. The number of fused-ring (bicyclic) bond motifs is 1. The Morgan fingerprint density at radius 1 is 0.846 bits per heavy atom. The fourth-order valence-corrected chi connectivity index (χ4v) is 3.44. The summed E-state index contributed by atoms with van der Waals surface area (Å²) in [6, 6.07) is 18.7. The van der Waals surface area contributed by atoms with Gasteiger partial charge in [-0.15, -0.1) is 0 Å². The third-order valence-corrected chi connectivity index (χ3v) is 4.68. The standard InChI is InChI=1S/C21H13N3O2/c25-20-16-8-3-5-13-6-4-9-17(19(13)16)21(26)24(20)23-12-14-11-22-18-10-2-1-7-15(14)18/h1-12,22H/b23-12+. The molecule has 0 fully saturated rings. The van der Waals surface area contributed by atoms with E-state index in [4.69, 9.17) is 0 Å². The molecular weight excluding hydrogens is 326 g/mol. The quantitative estimate of drug-likeness (QED) is 0.444. The summed E-state index contributed by atoms with van der Waals surface area (Å²) in [5.41, 5.74) is 2.78. The SMILES string of the molecule is O=C1c2cccc3cccc(c23)C(=O)N1/N=C/c1c[nH]c2ccccc12. The molecule has 124 valence electrons.